The summed E-state index contributed by atoms with van der Waals surface area (Å²) in [4.78, 5) is 0. The number of aromatic nitrogens is 3. The first-order valence-electron chi connectivity index (χ1n) is 20.8. The van der Waals surface area contributed by atoms with Crippen molar-refractivity contribution in [2.24, 2.45) is 0 Å². The lowest BCUT2D eigenvalue weighted by Gasteiger charge is -2.15. The van der Waals surface area contributed by atoms with Gasteiger partial charge in [0.15, 0.2) is 0 Å². The van der Waals surface area contributed by atoms with Gasteiger partial charge in [0.1, 0.15) is 18.2 Å². The number of nitriles is 3. The molecule has 0 saturated heterocycles. The second-order valence-corrected chi connectivity index (χ2v) is 15.8. The highest BCUT2D eigenvalue weighted by Gasteiger charge is 2.30. The smallest absolute Gasteiger partial charge is 0.101 e. The Morgan fingerprint density at radius 3 is 1.06 bits per heavy atom. The zero-order chi connectivity index (χ0) is 42.2. The fraction of sp³-hybridized carbons (Fsp3) is 0. The number of para-hydroxylation sites is 5. The Morgan fingerprint density at radius 1 is 0.286 bits per heavy atom. The van der Waals surface area contributed by atoms with E-state index in [1.54, 1.807) is 0 Å². The molecule has 3 aromatic heterocycles. The number of rotatable bonds is 5. The minimum absolute atomic E-state index is 0.532. The van der Waals surface area contributed by atoms with E-state index in [4.69, 9.17) is 0 Å². The van der Waals surface area contributed by atoms with Crippen LogP contribution in [-0.4, -0.2) is 13.7 Å². The predicted octanol–water partition coefficient (Wildman–Crippen LogP) is 13.9. The van der Waals surface area contributed by atoms with Crippen LogP contribution in [0.15, 0.2) is 194 Å². The monoisotopic (exact) mass is 800 g/mol. The van der Waals surface area contributed by atoms with Crippen LogP contribution in [0, 0.1) is 34.0 Å². The van der Waals surface area contributed by atoms with Crippen LogP contribution in [0.3, 0.4) is 0 Å². The molecule has 6 nitrogen and oxygen atoms in total. The maximum absolute atomic E-state index is 11.1. The number of fused-ring (bicyclic) bond motifs is 12. The Balaban J connectivity index is 1.28. The average molecular weight is 801 g/mol. The highest BCUT2D eigenvalue weighted by atomic mass is 15.1. The second-order valence-electron chi connectivity index (χ2n) is 15.8. The van der Waals surface area contributed by atoms with E-state index in [9.17, 15) is 15.8 Å². The molecule has 3 heterocycles. The first-order chi connectivity index (χ1) is 31.2. The van der Waals surface area contributed by atoms with Crippen LogP contribution in [0.5, 0.6) is 0 Å². The first kappa shape index (κ1) is 35.8. The zero-order valence-electron chi connectivity index (χ0n) is 33.7. The number of benzene rings is 9. The molecule has 0 radical (unpaired) electrons. The van der Waals surface area contributed by atoms with E-state index in [1.165, 1.54) is 0 Å². The molecule has 0 unspecified atom stereocenters. The fourth-order valence-electron chi connectivity index (χ4n) is 9.91. The summed E-state index contributed by atoms with van der Waals surface area (Å²) in [5.41, 5.74) is 13.8. The molecule has 0 fully saturated rings. The third-order valence-corrected chi connectivity index (χ3v) is 12.5. The normalized spacial score (nSPS) is 11.4. The highest BCUT2D eigenvalue weighted by Crippen LogP contribution is 2.50. The van der Waals surface area contributed by atoms with Gasteiger partial charge in [0, 0.05) is 32.3 Å². The lowest BCUT2D eigenvalue weighted by molar-refractivity contribution is 1.16. The predicted molar refractivity (Wildman–Crippen MR) is 254 cm³/mol. The van der Waals surface area contributed by atoms with Gasteiger partial charge in [-0.05, 0) is 76.9 Å². The second kappa shape index (κ2) is 14.0. The molecule has 0 aliphatic heterocycles. The van der Waals surface area contributed by atoms with Gasteiger partial charge in [0.05, 0.1) is 66.9 Å². The summed E-state index contributed by atoms with van der Waals surface area (Å²) in [7, 11) is 0. The van der Waals surface area contributed by atoms with Gasteiger partial charge in [-0.2, -0.15) is 15.8 Å². The van der Waals surface area contributed by atoms with E-state index in [-0.39, 0.29) is 0 Å². The van der Waals surface area contributed by atoms with E-state index < -0.39 is 0 Å². The molecule has 0 aliphatic carbocycles. The largest absolute Gasteiger partial charge is 0.307 e. The van der Waals surface area contributed by atoms with Crippen molar-refractivity contribution >= 4 is 65.4 Å². The highest BCUT2D eigenvalue weighted by molar-refractivity contribution is 6.40. The first-order valence-corrected chi connectivity index (χ1v) is 20.8. The van der Waals surface area contributed by atoms with E-state index in [2.05, 4.69) is 135 Å². The van der Waals surface area contributed by atoms with Crippen molar-refractivity contribution in [3.63, 3.8) is 0 Å². The lowest BCUT2D eigenvalue weighted by atomic mass is 9.98. The molecule has 0 spiro atoms. The lowest BCUT2D eigenvalue weighted by Crippen LogP contribution is -2.01. The van der Waals surface area contributed by atoms with Crippen molar-refractivity contribution in [3.05, 3.63) is 211 Å². The van der Waals surface area contributed by atoms with Gasteiger partial charge < -0.3 is 13.7 Å². The molecule has 6 heteroatoms. The van der Waals surface area contributed by atoms with E-state index in [1.807, 2.05) is 91.0 Å². The van der Waals surface area contributed by atoms with Crippen LogP contribution < -0.4 is 0 Å². The summed E-state index contributed by atoms with van der Waals surface area (Å²) < 4.78 is 6.75. The van der Waals surface area contributed by atoms with E-state index in [0.717, 1.165) is 105 Å². The zero-order valence-corrected chi connectivity index (χ0v) is 33.7. The molecule has 0 amide bonds. The van der Waals surface area contributed by atoms with Crippen molar-refractivity contribution in [2.75, 3.05) is 0 Å². The molecule has 12 rings (SSSR count). The van der Waals surface area contributed by atoms with Crippen LogP contribution in [0.1, 0.15) is 16.7 Å². The minimum Gasteiger partial charge on any atom is -0.307 e. The molecule has 63 heavy (non-hydrogen) atoms. The van der Waals surface area contributed by atoms with Crippen molar-refractivity contribution in [1.82, 2.24) is 13.7 Å². The van der Waals surface area contributed by atoms with Crippen molar-refractivity contribution in [1.29, 1.82) is 15.8 Å². The maximum Gasteiger partial charge on any atom is 0.101 e. The minimum atomic E-state index is 0.532. The SMILES string of the molecule is N#Cc1ccccc1-n1c2ccccc2c2c1c1c3ccccc3n(-c3ccc(-c4ccc(-c5ccccc5)cc4)cc3C#N)c1c1c3ccccc3n(-c3ccccc3C#N)c21. The van der Waals surface area contributed by atoms with Crippen LogP contribution in [0.2, 0.25) is 0 Å². The van der Waals surface area contributed by atoms with Gasteiger partial charge in [-0.3, -0.25) is 0 Å². The van der Waals surface area contributed by atoms with Crippen LogP contribution in [-0.2, 0) is 0 Å². The third-order valence-electron chi connectivity index (χ3n) is 12.5. The number of hydrogen-bond donors (Lipinski definition) is 0. The summed E-state index contributed by atoms with van der Waals surface area (Å²) in [6.07, 6.45) is 0. The molecular weight excluding hydrogens is 769 g/mol. The Bertz CT molecular complexity index is 3900. The summed E-state index contributed by atoms with van der Waals surface area (Å²) in [6.45, 7) is 0. The summed E-state index contributed by atoms with van der Waals surface area (Å²) >= 11 is 0. The van der Waals surface area contributed by atoms with Gasteiger partial charge in [0.2, 0.25) is 0 Å². The summed E-state index contributed by atoms with van der Waals surface area (Å²) in [5, 5.41) is 38.4. The quantitative estimate of drug-likeness (QED) is 0.174. The van der Waals surface area contributed by atoms with Crippen molar-refractivity contribution in [2.45, 2.75) is 0 Å². The Morgan fingerprint density at radius 2 is 0.619 bits per heavy atom. The van der Waals surface area contributed by atoms with Crippen LogP contribution >= 0.6 is 0 Å². The van der Waals surface area contributed by atoms with Crippen molar-refractivity contribution < 1.29 is 0 Å². The fourth-order valence-corrected chi connectivity index (χ4v) is 9.91. The maximum atomic E-state index is 11.1. The Kier molecular flexibility index (Phi) is 7.93. The average Bonchev–Trinajstić information content (AvgIpc) is 4.00. The summed E-state index contributed by atoms with van der Waals surface area (Å²) in [6, 6.07) is 73.3. The third kappa shape index (κ3) is 5.15. The Hall–Kier alpha value is -9.15. The molecule has 0 N–H and O–H groups in total. The van der Waals surface area contributed by atoms with Gasteiger partial charge in [0.25, 0.3) is 0 Å². The number of hydrogen-bond acceptors (Lipinski definition) is 3. The molecular formula is C57H32N6. The summed E-state index contributed by atoms with van der Waals surface area (Å²) in [5.74, 6) is 0. The standard InChI is InChI=1S/C57H32N6/c58-33-40-16-4-9-21-46(40)61-49-23-11-6-18-43(49)52-55-53(44-19-7-12-24-50(44)62(55)47-22-10-5-17-41(47)34-59)57-54(56(52)61)45-20-8-13-25-51(45)63(57)48-31-30-39(32-42(48)35-60)38-28-26-37(27-29-38)36-14-2-1-3-15-36/h1-32H. The van der Waals surface area contributed by atoms with Crippen LogP contribution in [0.25, 0.3) is 105 Å². The van der Waals surface area contributed by atoms with Gasteiger partial charge >= 0.3 is 0 Å². The van der Waals surface area contributed by atoms with E-state index in [0.29, 0.717) is 16.7 Å². The molecule has 0 saturated carbocycles. The molecule has 0 aliphatic rings. The topological polar surface area (TPSA) is 86.2 Å². The van der Waals surface area contributed by atoms with Crippen LogP contribution in [0.4, 0.5) is 0 Å². The molecule has 12 aromatic rings. The van der Waals surface area contributed by atoms with Gasteiger partial charge in [-0.15, -0.1) is 0 Å². The molecule has 290 valence electrons. The molecule has 0 bridgehead atoms. The molecule has 0 atom stereocenters. The Labute approximate surface area is 361 Å². The molecule has 9 aromatic carbocycles. The van der Waals surface area contributed by atoms with Crippen molar-refractivity contribution in [3.8, 4) is 57.5 Å². The number of nitrogens with zero attached hydrogens (tertiary/aromatic N) is 6. The van der Waals surface area contributed by atoms with E-state index >= 15 is 0 Å². The van der Waals surface area contributed by atoms with Gasteiger partial charge in [-0.1, -0.05) is 140 Å². The van der Waals surface area contributed by atoms with Gasteiger partial charge in [-0.25, -0.2) is 0 Å².